The Kier molecular flexibility index (Phi) is 5.19. The number of nitrogens with one attached hydrogen (secondary N) is 1. The summed E-state index contributed by atoms with van der Waals surface area (Å²) in [5, 5.41) is 13.2. The number of nitrogens with zero attached hydrogens (tertiary/aromatic N) is 4. The van der Waals surface area contributed by atoms with Gasteiger partial charge in [-0.25, -0.2) is 9.98 Å². The van der Waals surface area contributed by atoms with Crippen LogP contribution in [0.1, 0.15) is 38.3 Å². The van der Waals surface area contributed by atoms with Crippen molar-refractivity contribution in [2.75, 3.05) is 11.9 Å². The number of aliphatic imine (C=N–C) groups is 1. The Balaban J connectivity index is 1.85. The number of piperidine rings is 1. The highest BCUT2D eigenvalue weighted by molar-refractivity contribution is 5.93. The first kappa shape index (κ1) is 17.6. The molecule has 0 radical (unpaired) electrons. The largest absolute Gasteiger partial charge is 0.402 e. The molecule has 0 saturated carbocycles. The van der Waals surface area contributed by atoms with Crippen molar-refractivity contribution in [3.63, 3.8) is 0 Å². The minimum absolute atomic E-state index is 0.172. The predicted octanol–water partition coefficient (Wildman–Crippen LogP) is 0.539. The van der Waals surface area contributed by atoms with Crippen LogP contribution in [0.25, 0.3) is 0 Å². The van der Waals surface area contributed by atoms with Gasteiger partial charge in [0.2, 0.25) is 5.95 Å². The fourth-order valence-electron chi connectivity index (χ4n) is 3.67. The minimum Gasteiger partial charge on any atom is -0.402 e. The molecule has 2 fully saturated rings. The van der Waals surface area contributed by atoms with Crippen molar-refractivity contribution in [3.05, 3.63) is 23.5 Å². The van der Waals surface area contributed by atoms with Crippen molar-refractivity contribution in [1.82, 2.24) is 15.3 Å². The Labute approximate surface area is 148 Å². The lowest BCUT2D eigenvalue weighted by Crippen LogP contribution is -2.47. The first-order chi connectivity index (χ1) is 11.9. The zero-order valence-corrected chi connectivity index (χ0v) is 14.8. The second-order valence-corrected chi connectivity index (χ2v) is 6.97. The van der Waals surface area contributed by atoms with Gasteiger partial charge in [0, 0.05) is 36.9 Å². The van der Waals surface area contributed by atoms with E-state index in [-0.39, 0.29) is 12.4 Å². The molecule has 0 aliphatic carbocycles. The molecular formula is C17H27N7O. The number of hydrogen-bond acceptors (Lipinski definition) is 7. The second kappa shape index (κ2) is 7.37. The third-order valence-corrected chi connectivity index (χ3v) is 4.85. The lowest BCUT2D eigenvalue weighted by molar-refractivity contribution is 0.276. The van der Waals surface area contributed by atoms with E-state index in [1.165, 1.54) is 12.8 Å². The van der Waals surface area contributed by atoms with Crippen molar-refractivity contribution < 1.29 is 5.11 Å². The van der Waals surface area contributed by atoms with E-state index in [0.29, 0.717) is 41.3 Å². The first-order valence-electron chi connectivity index (χ1n) is 8.70. The van der Waals surface area contributed by atoms with Crippen LogP contribution in [-0.4, -0.2) is 46.1 Å². The summed E-state index contributed by atoms with van der Waals surface area (Å²) in [6.45, 7) is 1.57. The van der Waals surface area contributed by atoms with Crippen molar-refractivity contribution in [2.24, 2.45) is 16.5 Å². The summed E-state index contributed by atoms with van der Waals surface area (Å²) in [7, 11) is 2.01. The zero-order chi connectivity index (χ0) is 18.0. The van der Waals surface area contributed by atoms with E-state index >= 15 is 0 Å². The van der Waals surface area contributed by atoms with Gasteiger partial charge in [0.15, 0.2) is 5.82 Å². The average Bonchev–Trinajstić information content (AvgIpc) is 2.90. The summed E-state index contributed by atoms with van der Waals surface area (Å²) < 4.78 is 0. The molecule has 0 aromatic carbocycles. The van der Waals surface area contributed by atoms with Crippen LogP contribution in [0.5, 0.6) is 0 Å². The second-order valence-electron chi connectivity index (χ2n) is 6.97. The molecule has 1 aromatic heterocycles. The molecule has 1 unspecified atom stereocenters. The van der Waals surface area contributed by atoms with E-state index in [0.717, 1.165) is 12.8 Å². The van der Waals surface area contributed by atoms with Crippen LogP contribution in [0.15, 0.2) is 22.8 Å². The Morgan fingerprint density at radius 2 is 2.04 bits per heavy atom. The van der Waals surface area contributed by atoms with Crippen LogP contribution in [0.3, 0.4) is 0 Å². The summed E-state index contributed by atoms with van der Waals surface area (Å²) in [4.78, 5) is 15.4. The van der Waals surface area contributed by atoms with Gasteiger partial charge in [-0.1, -0.05) is 0 Å². The van der Waals surface area contributed by atoms with E-state index in [1.54, 1.807) is 19.1 Å². The van der Waals surface area contributed by atoms with E-state index in [4.69, 9.17) is 11.5 Å². The molecular weight excluding hydrogens is 318 g/mol. The summed E-state index contributed by atoms with van der Waals surface area (Å²) in [5.41, 5.74) is 12.6. The number of rotatable bonds is 5. The highest BCUT2D eigenvalue weighted by atomic mass is 16.3. The van der Waals surface area contributed by atoms with Gasteiger partial charge < -0.3 is 26.8 Å². The van der Waals surface area contributed by atoms with Gasteiger partial charge in [-0.2, -0.15) is 4.98 Å². The zero-order valence-electron chi connectivity index (χ0n) is 14.8. The molecule has 0 spiro atoms. The summed E-state index contributed by atoms with van der Waals surface area (Å²) in [6, 6.07) is 3.18. The van der Waals surface area contributed by atoms with Gasteiger partial charge in [-0.3, -0.25) is 0 Å². The first-order valence-corrected chi connectivity index (χ1v) is 8.70. The van der Waals surface area contributed by atoms with E-state index in [9.17, 15) is 5.11 Å². The molecule has 3 rings (SSSR count). The maximum absolute atomic E-state index is 9.52. The number of anilines is 1. The van der Waals surface area contributed by atoms with Crippen LogP contribution in [0, 0.1) is 0 Å². The highest BCUT2D eigenvalue weighted by Gasteiger charge is 2.35. The average molecular weight is 345 g/mol. The molecule has 2 saturated heterocycles. The van der Waals surface area contributed by atoms with Gasteiger partial charge in [0.25, 0.3) is 0 Å². The van der Waals surface area contributed by atoms with Gasteiger partial charge in [-0.05, 0) is 38.7 Å². The van der Waals surface area contributed by atoms with Crippen LogP contribution in [0.4, 0.5) is 11.8 Å². The number of aliphatic hydroxyl groups is 1. The molecule has 136 valence electrons. The van der Waals surface area contributed by atoms with Crippen LogP contribution < -0.4 is 21.7 Å². The number of amidine groups is 1. The molecule has 2 bridgehead atoms. The van der Waals surface area contributed by atoms with E-state index in [1.807, 2.05) is 7.05 Å². The summed E-state index contributed by atoms with van der Waals surface area (Å²) in [5.74, 6) is 1.27. The number of aromatic nitrogens is 2. The van der Waals surface area contributed by atoms with Gasteiger partial charge in [-0.15, -0.1) is 0 Å². The van der Waals surface area contributed by atoms with Crippen LogP contribution in [-0.2, 0) is 6.61 Å². The van der Waals surface area contributed by atoms with Crippen LogP contribution in [0.2, 0.25) is 0 Å². The number of allylic oxidation sites excluding steroid dienone is 1. The van der Waals surface area contributed by atoms with E-state index in [2.05, 4.69) is 25.2 Å². The van der Waals surface area contributed by atoms with Gasteiger partial charge in [0.05, 0.1) is 12.3 Å². The number of hydrogen-bond donors (Lipinski definition) is 4. The quantitative estimate of drug-likeness (QED) is 0.453. The topological polar surface area (TPSA) is 126 Å². The Morgan fingerprint density at radius 3 is 2.64 bits per heavy atom. The highest BCUT2D eigenvalue weighted by Crippen LogP contribution is 2.31. The lowest BCUT2D eigenvalue weighted by Gasteiger charge is -2.35. The molecule has 3 atom stereocenters. The van der Waals surface area contributed by atoms with Crippen molar-refractivity contribution in [2.45, 2.75) is 57.3 Å². The molecule has 3 heterocycles. The van der Waals surface area contributed by atoms with Gasteiger partial charge >= 0.3 is 0 Å². The maximum Gasteiger partial charge on any atom is 0.227 e. The van der Waals surface area contributed by atoms with Gasteiger partial charge in [0.1, 0.15) is 5.84 Å². The maximum atomic E-state index is 9.52. The molecule has 6 N–H and O–H groups in total. The molecule has 8 heteroatoms. The van der Waals surface area contributed by atoms with E-state index < -0.39 is 0 Å². The smallest absolute Gasteiger partial charge is 0.227 e. The van der Waals surface area contributed by atoms with Crippen molar-refractivity contribution in [1.29, 1.82) is 0 Å². The SMILES string of the molecule is C/C(N)=C/C(N)=Nc1cc(CO)nc(N(C)C2C[C@H]3CC[C@@H](C2)N3)n1. The molecule has 2 aliphatic heterocycles. The number of fused-ring (bicyclic) bond motifs is 2. The minimum atomic E-state index is -0.172. The summed E-state index contributed by atoms with van der Waals surface area (Å²) in [6.07, 6.45) is 6.21. The summed E-state index contributed by atoms with van der Waals surface area (Å²) >= 11 is 0. The normalized spacial score (nSPS) is 26.8. The Morgan fingerprint density at radius 1 is 1.36 bits per heavy atom. The number of aliphatic hydroxyl groups excluding tert-OH is 1. The predicted molar refractivity (Wildman–Crippen MR) is 98.6 cm³/mol. The molecule has 25 heavy (non-hydrogen) atoms. The fraction of sp³-hybridized carbons (Fsp3) is 0.588. The third kappa shape index (κ3) is 4.26. The third-order valence-electron chi connectivity index (χ3n) is 4.85. The van der Waals surface area contributed by atoms with Crippen molar-refractivity contribution >= 4 is 17.6 Å². The van der Waals surface area contributed by atoms with Crippen LogP contribution >= 0.6 is 0 Å². The molecule has 2 aliphatic rings. The van der Waals surface area contributed by atoms with Crippen molar-refractivity contribution in [3.8, 4) is 0 Å². The standard InChI is InChI=1S/C17H27N7O/c1-10(18)5-15(19)22-16-8-13(9-25)21-17(23-16)24(2)14-6-11-3-4-12(7-14)20-11/h5,8,11-12,14,20,25H,3-4,6-7,9,18H2,1-2H3,(H2,19,21,22,23)/b10-5-/t11-,12+,14?. The molecule has 0 amide bonds. The molecule has 8 nitrogen and oxygen atoms in total. The number of nitrogens with two attached hydrogens (primary N) is 2. The fourth-order valence-corrected chi connectivity index (χ4v) is 3.67. The molecule has 1 aromatic rings. The lowest BCUT2D eigenvalue weighted by atomic mass is 9.99. The Bertz CT molecular complexity index is 672. The Hall–Kier alpha value is -2.19. The monoisotopic (exact) mass is 345 g/mol.